The number of halogens is 1. The summed E-state index contributed by atoms with van der Waals surface area (Å²) in [6, 6.07) is 4.29. The van der Waals surface area contributed by atoms with Gasteiger partial charge in [-0.25, -0.2) is 4.39 Å². The van der Waals surface area contributed by atoms with E-state index in [-0.39, 0.29) is 11.5 Å². The van der Waals surface area contributed by atoms with Crippen molar-refractivity contribution in [3.8, 4) is 0 Å². The Bertz CT molecular complexity index is 1050. The fourth-order valence-electron chi connectivity index (χ4n) is 4.03. The van der Waals surface area contributed by atoms with Gasteiger partial charge in [-0.1, -0.05) is 6.92 Å². The third kappa shape index (κ3) is 4.25. The molecule has 1 saturated heterocycles. The van der Waals surface area contributed by atoms with Crippen LogP contribution in [0.2, 0.25) is 0 Å². The predicted octanol–water partition coefficient (Wildman–Crippen LogP) is 3.21. The maximum absolute atomic E-state index is 13.5. The van der Waals surface area contributed by atoms with Crippen LogP contribution in [0.4, 0.5) is 10.1 Å². The molecule has 0 radical (unpaired) electrons. The van der Waals surface area contributed by atoms with E-state index in [1.165, 1.54) is 18.2 Å². The number of hydrogen-bond donors (Lipinski definition) is 2. The van der Waals surface area contributed by atoms with E-state index in [0.717, 1.165) is 0 Å². The smallest absolute Gasteiger partial charge is 0.294 e. The predicted molar refractivity (Wildman–Crippen MR) is 115 cm³/mol. The lowest BCUT2D eigenvalue weighted by molar-refractivity contribution is -0.119. The molecule has 0 bridgehead atoms. The number of benzene rings is 1. The molecular weight excluding hydrogens is 401 g/mol. The Hall–Kier alpha value is -3.00. The molecule has 1 aliphatic heterocycles. The first kappa shape index (κ1) is 22.7. The highest BCUT2D eigenvalue weighted by Gasteiger charge is 2.37. The Labute approximate surface area is 181 Å². The monoisotopic (exact) mass is 429 g/mol. The van der Waals surface area contributed by atoms with Crippen molar-refractivity contribution in [1.29, 1.82) is 0 Å². The van der Waals surface area contributed by atoms with E-state index in [1.807, 2.05) is 6.92 Å². The maximum atomic E-state index is 13.5. The van der Waals surface area contributed by atoms with Crippen molar-refractivity contribution in [3.05, 3.63) is 52.1 Å². The van der Waals surface area contributed by atoms with E-state index >= 15 is 0 Å². The third-order valence-electron chi connectivity index (χ3n) is 6.15. The van der Waals surface area contributed by atoms with Gasteiger partial charge in [0.25, 0.3) is 17.6 Å². The number of anilines is 1. The summed E-state index contributed by atoms with van der Waals surface area (Å²) in [5, 5.41) is 5.58. The van der Waals surface area contributed by atoms with Gasteiger partial charge in [0.2, 0.25) is 0 Å². The lowest BCUT2D eigenvalue weighted by atomic mass is 9.95. The van der Waals surface area contributed by atoms with Crippen molar-refractivity contribution in [2.45, 2.75) is 46.1 Å². The minimum Gasteiger partial charge on any atom is -0.379 e. The van der Waals surface area contributed by atoms with Gasteiger partial charge in [-0.05, 0) is 62.9 Å². The number of carbonyl (C=O) groups excluding carboxylic acids is 3. The summed E-state index contributed by atoms with van der Waals surface area (Å²) < 4.78 is 20.5. The van der Waals surface area contributed by atoms with Crippen molar-refractivity contribution in [1.82, 2.24) is 9.88 Å². The third-order valence-corrected chi connectivity index (χ3v) is 6.15. The first-order valence-electron chi connectivity index (χ1n) is 10.3. The fraction of sp³-hybridized carbons (Fsp3) is 0.435. The van der Waals surface area contributed by atoms with E-state index < -0.39 is 23.1 Å². The van der Waals surface area contributed by atoms with Crippen LogP contribution in [-0.4, -0.2) is 40.9 Å². The van der Waals surface area contributed by atoms with Crippen LogP contribution >= 0.6 is 0 Å². The van der Waals surface area contributed by atoms with Crippen LogP contribution in [0.25, 0.3) is 0 Å². The van der Waals surface area contributed by atoms with Gasteiger partial charge in [0.15, 0.2) is 0 Å². The van der Waals surface area contributed by atoms with Crippen LogP contribution in [0.3, 0.4) is 0 Å². The molecule has 1 aromatic carbocycles. The van der Waals surface area contributed by atoms with Gasteiger partial charge >= 0.3 is 0 Å². The zero-order valence-electron chi connectivity index (χ0n) is 18.5. The summed E-state index contributed by atoms with van der Waals surface area (Å²) in [6.45, 7) is 7.82. The Morgan fingerprint density at radius 2 is 1.94 bits per heavy atom. The first-order valence-corrected chi connectivity index (χ1v) is 10.3. The highest BCUT2D eigenvalue weighted by molar-refractivity contribution is 6.43. The molecule has 2 heterocycles. The molecule has 1 fully saturated rings. The zero-order chi connectivity index (χ0) is 22.9. The number of ether oxygens (including phenoxy) is 1. The summed E-state index contributed by atoms with van der Waals surface area (Å²) in [4.78, 5) is 38.7. The minimum atomic E-state index is -0.711. The second kappa shape index (κ2) is 8.63. The highest BCUT2D eigenvalue weighted by Crippen LogP contribution is 2.25. The van der Waals surface area contributed by atoms with Crippen LogP contribution in [0.1, 0.15) is 57.4 Å². The molecule has 7 nitrogen and oxygen atoms in total. The van der Waals surface area contributed by atoms with E-state index in [9.17, 15) is 18.8 Å². The number of ketones is 1. The van der Waals surface area contributed by atoms with Crippen molar-refractivity contribution in [3.63, 3.8) is 0 Å². The van der Waals surface area contributed by atoms with Crippen LogP contribution in [0, 0.1) is 26.6 Å². The number of nitrogens with zero attached hydrogens (tertiary/aromatic N) is 1. The number of carbonyl (C=O) groups is 3. The Balaban J connectivity index is 1.87. The van der Waals surface area contributed by atoms with Crippen LogP contribution in [-0.2, 0) is 16.6 Å². The summed E-state index contributed by atoms with van der Waals surface area (Å²) in [6.07, 6.45) is 1.31. The molecule has 2 N–H and O–H groups in total. The number of Topliss-reactive ketones (excluding diaryl/α,β-unsaturated/α-hetero) is 1. The number of nitrogens with one attached hydrogen (secondary N) is 2. The quantitative estimate of drug-likeness (QED) is 0.545. The largest absolute Gasteiger partial charge is 0.379 e. The summed E-state index contributed by atoms with van der Waals surface area (Å²) in [5.41, 5.74) is 1.78. The molecule has 0 spiro atoms. The molecule has 3 rings (SSSR count). The average Bonchev–Trinajstić information content (AvgIpc) is 3.27. The molecule has 1 aromatic heterocycles. The molecular formula is C23H28FN3O4. The Morgan fingerprint density at radius 1 is 1.23 bits per heavy atom. The maximum Gasteiger partial charge on any atom is 0.294 e. The first-order chi connectivity index (χ1) is 14.6. The van der Waals surface area contributed by atoms with Crippen LogP contribution < -0.4 is 10.6 Å². The molecule has 1 aliphatic rings. The number of aromatic nitrogens is 1. The van der Waals surface area contributed by atoms with Crippen molar-refractivity contribution in [2.75, 3.05) is 18.5 Å². The molecule has 2 aromatic rings. The molecule has 31 heavy (non-hydrogen) atoms. The molecule has 0 saturated carbocycles. The lowest BCUT2D eigenvalue weighted by Gasteiger charge is -2.26. The van der Waals surface area contributed by atoms with Gasteiger partial charge in [-0.3, -0.25) is 14.4 Å². The Kier molecular flexibility index (Phi) is 6.31. The Morgan fingerprint density at radius 3 is 2.52 bits per heavy atom. The SMILES string of the molecule is CCC1(NC(=O)C(=O)c2c(C)c(C(=O)Nc3ccc(F)c(C)c3)c(C)n2C)CCOC1. The van der Waals surface area contributed by atoms with E-state index in [4.69, 9.17) is 4.74 Å². The second-order valence-corrected chi connectivity index (χ2v) is 8.13. The molecule has 2 amide bonds. The molecule has 1 unspecified atom stereocenters. The normalized spacial score (nSPS) is 18.1. The van der Waals surface area contributed by atoms with E-state index in [0.29, 0.717) is 54.1 Å². The average molecular weight is 429 g/mol. The number of aryl methyl sites for hydroxylation is 1. The lowest BCUT2D eigenvalue weighted by Crippen LogP contribution is -2.51. The van der Waals surface area contributed by atoms with Crippen molar-refractivity contribution >= 4 is 23.3 Å². The fourth-order valence-corrected chi connectivity index (χ4v) is 4.03. The zero-order valence-corrected chi connectivity index (χ0v) is 18.5. The second-order valence-electron chi connectivity index (χ2n) is 8.13. The summed E-state index contributed by atoms with van der Waals surface area (Å²) >= 11 is 0. The van der Waals surface area contributed by atoms with Crippen molar-refractivity contribution < 1.29 is 23.5 Å². The van der Waals surface area contributed by atoms with Gasteiger partial charge in [-0.2, -0.15) is 0 Å². The van der Waals surface area contributed by atoms with Gasteiger partial charge in [0.1, 0.15) is 5.82 Å². The van der Waals surface area contributed by atoms with E-state index in [2.05, 4.69) is 10.6 Å². The molecule has 0 aliphatic carbocycles. The van der Waals surface area contributed by atoms with Gasteiger partial charge in [-0.15, -0.1) is 0 Å². The van der Waals surface area contributed by atoms with Crippen molar-refractivity contribution in [2.24, 2.45) is 7.05 Å². The summed E-state index contributed by atoms with van der Waals surface area (Å²) in [5.74, 6) is -2.19. The highest BCUT2D eigenvalue weighted by atomic mass is 19.1. The van der Waals surface area contributed by atoms with E-state index in [1.54, 1.807) is 32.4 Å². The van der Waals surface area contributed by atoms with Crippen LogP contribution in [0.15, 0.2) is 18.2 Å². The van der Waals surface area contributed by atoms with Crippen LogP contribution in [0.5, 0.6) is 0 Å². The number of rotatable bonds is 6. The van der Waals surface area contributed by atoms with Gasteiger partial charge in [0, 0.05) is 25.0 Å². The number of hydrogen-bond acceptors (Lipinski definition) is 4. The number of amides is 2. The minimum absolute atomic E-state index is 0.167. The topological polar surface area (TPSA) is 89.4 Å². The van der Waals surface area contributed by atoms with Gasteiger partial charge < -0.3 is 19.9 Å². The standard InChI is InChI=1S/C23H28FN3O4/c1-6-23(9-10-31-12-23)26-22(30)20(28)19-14(3)18(15(4)27(19)5)21(29)25-16-7-8-17(24)13(2)11-16/h7-8,11H,6,9-10,12H2,1-5H3,(H,25,29)(H,26,30). The molecule has 8 heteroatoms. The summed E-state index contributed by atoms with van der Waals surface area (Å²) in [7, 11) is 1.65. The molecule has 1 atom stereocenters. The van der Waals surface area contributed by atoms with Gasteiger partial charge in [0.05, 0.1) is 23.4 Å². The molecule has 166 valence electrons.